The second-order valence-corrected chi connectivity index (χ2v) is 17.0. The highest BCUT2D eigenvalue weighted by atomic mass is 32.1. The van der Waals surface area contributed by atoms with E-state index >= 15 is 0 Å². The highest BCUT2D eigenvalue weighted by Gasteiger charge is 2.61. The quantitative estimate of drug-likeness (QED) is 0.209. The Kier molecular flexibility index (Phi) is 11.8. The number of aliphatic carboxylic acids is 1. The summed E-state index contributed by atoms with van der Waals surface area (Å²) in [5.41, 5.74) is 0.807. The van der Waals surface area contributed by atoms with Crippen LogP contribution in [-0.4, -0.2) is 81.7 Å². The lowest BCUT2D eigenvalue weighted by molar-refractivity contribution is -0.147. The van der Waals surface area contributed by atoms with Gasteiger partial charge in [-0.2, -0.15) is 0 Å². The van der Waals surface area contributed by atoms with Crippen LogP contribution in [0.15, 0.2) is 41.8 Å². The van der Waals surface area contributed by atoms with Gasteiger partial charge < -0.3 is 29.5 Å². The first-order valence-corrected chi connectivity index (χ1v) is 20.7. The summed E-state index contributed by atoms with van der Waals surface area (Å²) in [5.74, 6) is -0.321. The maximum absolute atomic E-state index is 14.6. The standard InChI is InChI=1S/C42H52N4O8S/c1-25(2)17-38-44-34(24-55-38)33-20-37(30-16-15-28(52-3)18-32(30)43-33)53-29-19-35-36(47)22-42(40(49)50)21-26(42)11-7-5-4-6-8-14-31(39(48)46(35)23-29)45-41(51)54-27-12-9-10-13-27/h7,11,15-16,18,20,24-27,29,31,35H,4-6,8-10,12-14,17,19,21-23H2,1-3H3,(H,45,51)(H,49,50)/b11-7-/t26-,29-,31+,35+,42-/m1/s1. The minimum absolute atomic E-state index is 0.0824. The normalized spacial score (nSPS) is 26.9. The number of benzene rings is 1. The molecular formula is C42H52N4O8S. The lowest BCUT2D eigenvalue weighted by Crippen LogP contribution is -2.52. The van der Waals surface area contributed by atoms with Crippen LogP contribution in [0, 0.1) is 17.3 Å². The molecule has 294 valence electrons. The van der Waals surface area contributed by atoms with Crippen LogP contribution in [0.5, 0.6) is 11.5 Å². The summed E-state index contributed by atoms with van der Waals surface area (Å²) < 4.78 is 18.0. The van der Waals surface area contributed by atoms with E-state index in [1.165, 1.54) is 4.90 Å². The summed E-state index contributed by atoms with van der Waals surface area (Å²) in [6, 6.07) is 5.57. The number of hydrogen-bond acceptors (Lipinski definition) is 10. The summed E-state index contributed by atoms with van der Waals surface area (Å²) in [6.07, 6.45) is 10.9. The molecule has 4 heterocycles. The maximum atomic E-state index is 14.6. The van der Waals surface area contributed by atoms with Gasteiger partial charge in [-0.25, -0.2) is 14.8 Å². The molecule has 7 rings (SSSR count). The molecule has 55 heavy (non-hydrogen) atoms. The number of ketones is 1. The van der Waals surface area contributed by atoms with Gasteiger partial charge in [0.15, 0.2) is 5.78 Å². The van der Waals surface area contributed by atoms with Crippen molar-refractivity contribution in [1.82, 2.24) is 20.2 Å². The topological polar surface area (TPSA) is 157 Å². The van der Waals surface area contributed by atoms with E-state index in [1.54, 1.807) is 18.4 Å². The summed E-state index contributed by atoms with van der Waals surface area (Å²) in [6.45, 7) is 4.39. The lowest BCUT2D eigenvalue weighted by Gasteiger charge is -2.29. The van der Waals surface area contributed by atoms with E-state index < -0.39 is 35.7 Å². The monoisotopic (exact) mass is 772 g/mol. The number of fused-ring (bicyclic) bond motifs is 3. The molecule has 2 aromatic heterocycles. The Balaban J connectivity index is 1.20. The number of carbonyl (C=O) groups excluding carboxylic acids is 3. The molecule has 4 aliphatic rings. The summed E-state index contributed by atoms with van der Waals surface area (Å²) in [4.78, 5) is 66.0. The van der Waals surface area contributed by atoms with Crippen LogP contribution < -0.4 is 14.8 Å². The molecule has 1 saturated heterocycles. The minimum atomic E-state index is -1.19. The van der Waals surface area contributed by atoms with E-state index in [0.29, 0.717) is 47.9 Å². The largest absolute Gasteiger partial charge is 0.497 e. The number of alkyl carbamates (subject to hydrolysis) is 1. The second kappa shape index (κ2) is 16.7. The number of thiazole rings is 1. The number of allylic oxidation sites excluding steroid dienone is 2. The van der Waals surface area contributed by atoms with Crippen molar-refractivity contribution in [2.75, 3.05) is 13.7 Å². The van der Waals surface area contributed by atoms with Crippen LogP contribution in [0.3, 0.4) is 0 Å². The predicted octanol–water partition coefficient (Wildman–Crippen LogP) is 7.52. The Bertz CT molecular complexity index is 1940. The van der Waals surface area contributed by atoms with Gasteiger partial charge in [0.25, 0.3) is 0 Å². The first-order valence-electron chi connectivity index (χ1n) is 19.8. The molecule has 0 unspecified atom stereocenters. The Morgan fingerprint density at radius 1 is 1.04 bits per heavy atom. The van der Waals surface area contributed by atoms with Gasteiger partial charge in [0.1, 0.15) is 29.7 Å². The first-order chi connectivity index (χ1) is 26.5. The molecule has 3 fully saturated rings. The van der Waals surface area contributed by atoms with Gasteiger partial charge in [-0.1, -0.05) is 38.8 Å². The zero-order valence-corrected chi connectivity index (χ0v) is 32.8. The predicted molar refractivity (Wildman–Crippen MR) is 208 cm³/mol. The van der Waals surface area contributed by atoms with Gasteiger partial charge in [-0.05, 0) is 75.3 Å². The van der Waals surface area contributed by atoms with Gasteiger partial charge in [-0.15, -0.1) is 11.3 Å². The molecule has 1 aromatic carbocycles. The number of carbonyl (C=O) groups is 4. The van der Waals surface area contributed by atoms with E-state index in [9.17, 15) is 24.3 Å². The number of Topliss-reactive ketones (excluding diaryl/α,β-unsaturated/α-hetero) is 1. The number of pyridine rings is 1. The van der Waals surface area contributed by atoms with Crippen molar-refractivity contribution in [3.8, 4) is 22.9 Å². The fourth-order valence-corrected chi connectivity index (χ4v) is 9.39. The van der Waals surface area contributed by atoms with Gasteiger partial charge in [0, 0.05) is 42.2 Å². The summed E-state index contributed by atoms with van der Waals surface area (Å²) in [7, 11) is 1.60. The van der Waals surface area contributed by atoms with Crippen molar-refractivity contribution in [3.05, 3.63) is 46.8 Å². The Morgan fingerprint density at radius 3 is 2.60 bits per heavy atom. The zero-order valence-electron chi connectivity index (χ0n) is 32.0. The average molecular weight is 773 g/mol. The third-order valence-electron chi connectivity index (χ3n) is 11.5. The average Bonchev–Trinajstić information content (AvgIpc) is 3.58. The zero-order chi connectivity index (χ0) is 38.7. The Morgan fingerprint density at radius 2 is 1.84 bits per heavy atom. The SMILES string of the molecule is COc1ccc2c(O[C@@H]3C[C@H]4C(=O)C[C@]5(C(=O)O)C[C@H]5/C=C\CCCCC[C@H](NC(=O)OC5CCCC5)C(=O)N4C3)cc(-c3csc(CC(C)C)n3)nc2c1. The van der Waals surface area contributed by atoms with Crippen molar-refractivity contribution >= 4 is 46.0 Å². The number of amides is 2. The number of carboxylic acids is 1. The minimum Gasteiger partial charge on any atom is -0.497 e. The Labute approximate surface area is 326 Å². The van der Waals surface area contributed by atoms with Crippen molar-refractivity contribution < 1.29 is 38.5 Å². The number of nitrogens with one attached hydrogen (secondary N) is 1. The molecule has 12 nitrogen and oxygen atoms in total. The molecule has 13 heteroatoms. The van der Waals surface area contributed by atoms with Crippen molar-refractivity contribution in [2.45, 2.75) is 122 Å². The highest BCUT2D eigenvalue weighted by Crippen LogP contribution is 2.57. The van der Waals surface area contributed by atoms with E-state index in [-0.39, 0.29) is 43.1 Å². The first kappa shape index (κ1) is 38.7. The van der Waals surface area contributed by atoms with E-state index in [2.05, 4.69) is 19.2 Å². The number of hydrogen-bond donors (Lipinski definition) is 2. The van der Waals surface area contributed by atoms with E-state index in [4.69, 9.17) is 24.2 Å². The Hall–Kier alpha value is -4.52. The maximum Gasteiger partial charge on any atom is 0.408 e. The van der Waals surface area contributed by atoms with Crippen LogP contribution >= 0.6 is 11.3 Å². The fourth-order valence-electron chi connectivity index (χ4n) is 8.39. The fraction of sp³-hybridized carbons (Fsp3) is 0.571. The number of aromatic nitrogens is 2. The molecule has 2 aliphatic heterocycles. The second-order valence-electron chi connectivity index (χ2n) is 16.1. The van der Waals surface area contributed by atoms with Crippen LogP contribution in [-0.2, 0) is 25.5 Å². The molecule has 2 N–H and O–H groups in total. The number of ether oxygens (including phenoxy) is 3. The van der Waals surface area contributed by atoms with Gasteiger partial charge in [0.05, 0.1) is 47.0 Å². The van der Waals surface area contributed by atoms with Crippen LogP contribution in [0.1, 0.15) is 95.9 Å². The van der Waals surface area contributed by atoms with Crippen molar-refractivity contribution in [1.29, 1.82) is 0 Å². The summed E-state index contributed by atoms with van der Waals surface area (Å²) >= 11 is 1.59. The lowest BCUT2D eigenvalue weighted by atomic mass is 9.92. The molecular weight excluding hydrogens is 721 g/mol. The molecule has 2 amide bonds. The smallest absolute Gasteiger partial charge is 0.408 e. The van der Waals surface area contributed by atoms with Crippen LogP contribution in [0.2, 0.25) is 0 Å². The molecule has 0 spiro atoms. The number of carboxylic acid groups (broad SMARTS) is 1. The molecule has 3 aromatic rings. The van der Waals surface area contributed by atoms with Gasteiger partial charge >= 0.3 is 12.1 Å². The van der Waals surface area contributed by atoms with Crippen LogP contribution in [0.4, 0.5) is 4.79 Å². The third-order valence-corrected chi connectivity index (χ3v) is 12.4. The molecule has 0 bridgehead atoms. The number of methoxy groups -OCH3 is 1. The summed E-state index contributed by atoms with van der Waals surface area (Å²) in [5, 5.41) is 16.9. The van der Waals surface area contributed by atoms with Crippen molar-refractivity contribution in [3.63, 3.8) is 0 Å². The van der Waals surface area contributed by atoms with E-state index in [1.807, 2.05) is 41.8 Å². The highest BCUT2D eigenvalue weighted by molar-refractivity contribution is 7.09. The third kappa shape index (κ3) is 8.82. The van der Waals surface area contributed by atoms with Gasteiger partial charge in [-0.3, -0.25) is 14.4 Å². The molecule has 5 atom stereocenters. The van der Waals surface area contributed by atoms with E-state index in [0.717, 1.165) is 67.5 Å². The van der Waals surface area contributed by atoms with Crippen molar-refractivity contribution in [2.24, 2.45) is 17.3 Å². The number of nitrogens with zero attached hydrogens (tertiary/aromatic N) is 3. The molecule has 2 aliphatic carbocycles. The van der Waals surface area contributed by atoms with Gasteiger partial charge in [0.2, 0.25) is 5.91 Å². The molecule has 2 saturated carbocycles. The number of rotatable bonds is 9. The van der Waals surface area contributed by atoms with Crippen LogP contribution in [0.25, 0.3) is 22.3 Å². The molecule has 0 radical (unpaired) electrons.